The summed E-state index contributed by atoms with van der Waals surface area (Å²) < 4.78 is 88.3. The van der Waals surface area contributed by atoms with Crippen molar-refractivity contribution in [2.75, 3.05) is 46.2 Å². The van der Waals surface area contributed by atoms with E-state index in [9.17, 15) is 141 Å². The Morgan fingerprint density at radius 2 is 0.755 bits per heavy atom. The van der Waals surface area contributed by atoms with Gasteiger partial charge in [0.15, 0.2) is 44.0 Å². The smallest absolute Gasteiger partial charge is 0.217 e. The van der Waals surface area contributed by atoms with Crippen LogP contribution in [-0.4, -0.2) is 439 Å². The first-order valence-corrected chi connectivity index (χ1v) is 33.6. The van der Waals surface area contributed by atoms with E-state index < -0.39 is 333 Å². The number of carbonyl (C=O) groups is 5. The number of carboxylic acids is 1. The molecule has 0 saturated carbocycles. The van der Waals surface area contributed by atoms with Gasteiger partial charge >= 0.3 is 0 Å². The van der Waals surface area contributed by atoms with Crippen molar-refractivity contribution in [1.82, 2.24) is 21.3 Å². The van der Waals surface area contributed by atoms with Crippen molar-refractivity contribution in [2.24, 2.45) is 0 Å². The van der Waals surface area contributed by atoms with Crippen LogP contribution >= 0.6 is 0 Å². The number of carbonyl (C=O) groups excluding carboxylic acids is 5. The number of aliphatic carboxylic acids is 1. The summed E-state index contributed by atoms with van der Waals surface area (Å²) in [7, 11) is 0. The van der Waals surface area contributed by atoms with Gasteiger partial charge in [0.2, 0.25) is 29.4 Å². The zero-order chi connectivity index (χ0) is 78.6. The van der Waals surface area contributed by atoms with Gasteiger partial charge in [-0.15, -0.1) is 0 Å². The van der Waals surface area contributed by atoms with Crippen molar-refractivity contribution in [2.45, 2.75) is 292 Å². The first-order valence-electron chi connectivity index (χ1n) is 33.6. The van der Waals surface area contributed by atoms with Gasteiger partial charge < -0.3 is 215 Å². The number of carboxylic acid groups (broad SMARTS) is 1. The van der Waals surface area contributed by atoms with E-state index in [2.05, 4.69) is 21.3 Å². The predicted octanol–water partition coefficient (Wildman–Crippen LogP) is -19.0. The molecule has 8 aliphatic rings. The molecule has 26 N–H and O–H groups in total. The van der Waals surface area contributed by atoms with E-state index in [4.69, 9.17) is 71.1 Å². The average molecular weight is 1550 g/mol. The monoisotopic (exact) mass is 1550 g/mol. The van der Waals surface area contributed by atoms with Crippen LogP contribution in [0, 0.1) is 0 Å². The van der Waals surface area contributed by atoms with E-state index >= 15 is 0 Å². The molecule has 8 aliphatic heterocycles. The van der Waals surface area contributed by atoms with E-state index in [0.29, 0.717) is 0 Å². The molecule has 0 aromatic heterocycles. The van der Waals surface area contributed by atoms with E-state index in [1.165, 1.54) is 6.92 Å². The molecule has 47 nitrogen and oxygen atoms in total. The molecule has 8 rings (SSSR count). The van der Waals surface area contributed by atoms with Gasteiger partial charge in [0.25, 0.3) is 0 Å². The van der Waals surface area contributed by atoms with Gasteiger partial charge in [0, 0.05) is 34.1 Å². The largest absolute Gasteiger partial charge is 0.544 e. The van der Waals surface area contributed by atoms with Gasteiger partial charge in [-0.3, -0.25) is 19.2 Å². The third kappa shape index (κ3) is 19.0. The summed E-state index contributed by atoms with van der Waals surface area (Å²) in [6, 6.07) is -7.40. The fourth-order valence-corrected chi connectivity index (χ4v) is 13.7. The first-order chi connectivity index (χ1) is 49.9. The number of hydrogen-bond acceptors (Lipinski definition) is 43. The molecule has 41 atom stereocenters. The number of hydrogen-bond donors (Lipinski definition) is 26. The quantitative estimate of drug-likeness (QED) is 0.0346. The lowest BCUT2D eigenvalue weighted by Gasteiger charge is -2.53. The van der Waals surface area contributed by atoms with Crippen molar-refractivity contribution in [1.29, 1.82) is 0 Å². The van der Waals surface area contributed by atoms with Gasteiger partial charge in [-0.25, -0.2) is 0 Å². The molecule has 8 saturated heterocycles. The second-order valence-corrected chi connectivity index (χ2v) is 26.7. The maximum atomic E-state index is 13.4. The maximum absolute atomic E-state index is 13.4. The number of amides is 4. The molecule has 0 spiro atoms. The average Bonchev–Trinajstić information content (AvgIpc) is 0.755. The summed E-state index contributed by atoms with van der Waals surface area (Å²) in [6.45, 7) is -3.08. The minimum Gasteiger partial charge on any atom is -0.544 e. The van der Waals surface area contributed by atoms with Crippen LogP contribution in [0.25, 0.3) is 0 Å². The molecule has 0 aromatic rings. The molecule has 8 heterocycles. The Hall–Kier alpha value is -4.13. The lowest BCUT2D eigenvalue weighted by atomic mass is 9.88. The zero-order valence-electron chi connectivity index (χ0n) is 57.2. The molecule has 0 aliphatic carbocycles. The highest BCUT2D eigenvalue weighted by atomic mass is 16.8. The Morgan fingerprint density at radius 1 is 0.396 bits per heavy atom. The summed E-state index contributed by atoms with van der Waals surface area (Å²) in [6.07, 6.45) is -77.1. The van der Waals surface area contributed by atoms with Crippen LogP contribution in [0.4, 0.5) is 0 Å². The molecular weight excluding hydrogens is 1450 g/mol. The third-order valence-corrected chi connectivity index (χ3v) is 19.2. The van der Waals surface area contributed by atoms with E-state index in [-0.39, 0.29) is 0 Å². The van der Waals surface area contributed by atoms with Crippen LogP contribution in [0.15, 0.2) is 0 Å². The van der Waals surface area contributed by atoms with Gasteiger partial charge in [0.05, 0.1) is 64.5 Å². The number of rotatable bonds is 28. The van der Waals surface area contributed by atoms with E-state index in [0.717, 1.165) is 27.7 Å². The highest BCUT2D eigenvalue weighted by molar-refractivity contribution is 5.75. The molecule has 0 radical (unpaired) electrons. The predicted molar refractivity (Wildman–Crippen MR) is 324 cm³/mol. The van der Waals surface area contributed by atoms with Gasteiger partial charge in [-0.1, -0.05) is 0 Å². The number of aliphatic hydroxyl groups excluding tert-OH is 22. The van der Waals surface area contributed by atoms with Gasteiger partial charge in [0.1, 0.15) is 189 Å². The maximum Gasteiger partial charge on any atom is 0.217 e. The van der Waals surface area contributed by atoms with E-state index in [1.807, 2.05) is 0 Å². The number of aliphatic hydroxyl groups is 22. The van der Waals surface area contributed by atoms with Crippen LogP contribution < -0.4 is 26.4 Å². The van der Waals surface area contributed by atoms with Crippen molar-refractivity contribution in [3.05, 3.63) is 0 Å². The molecule has 47 heteroatoms. The second-order valence-electron chi connectivity index (χ2n) is 26.7. The summed E-state index contributed by atoms with van der Waals surface area (Å²) in [4.78, 5) is 63.6. The van der Waals surface area contributed by atoms with Crippen LogP contribution in [0.5, 0.6) is 0 Å². The number of nitrogens with one attached hydrogen (secondary N) is 4. The Bertz CT molecular complexity index is 2860. The molecule has 4 amide bonds. The summed E-state index contributed by atoms with van der Waals surface area (Å²) in [5, 5.41) is 266. The fraction of sp³-hybridized carbons (Fsp3) is 0.915. The molecule has 1 unspecified atom stereocenters. The fourth-order valence-electron chi connectivity index (χ4n) is 13.7. The van der Waals surface area contributed by atoms with Crippen LogP contribution in [0.1, 0.15) is 41.0 Å². The van der Waals surface area contributed by atoms with Gasteiger partial charge in [-0.2, -0.15) is 0 Å². The van der Waals surface area contributed by atoms with E-state index in [1.54, 1.807) is 0 Å². The molecule has 0 bridgehead atoms. The number of ether oxygens (including phenoxy) is 15. The minimum absolute atomic E-state index is 0.771. The molecule has 106 heavy (non-hydrogen) atoms. The van der Waals surface area contributed by atoms with Crippen molar-refractivity contribution in [3.63, 3.8) is 0 Å². The highest BCUT2D eigenvalue weighted by Gasteiger charge is 2.62. The summed E-state index contributed by atoms with van der Waals surface area (Å²) in [5.74, 6) is -9.39. The molecular formula is C59H97N4O43-. The molecule has 0 aromatic carbocycles. The van der Waals surface area contributed by atoms with Crippen LogP contribution in [-0.2, 0) is 95.0 Å². The van der Waals surface area contributed by atoms with Crippen LogP contribution in [0.2, 0.25) is 0 Å². The van der Waals surface area contributed by atoms with Crippen LogP contribution in [0.3, 0.4) is 0 Å². The Labute approximate surface area is 600 Å². The third-order valence-electron chi connectivity index (χ3n) is 19.2. The second kappa shape index (κ2) is 37.5. The lowest BCUT2D eigenvalue weighted by molar-refractivity contribution is -0.412. The Kier molecular flexibility index (Phi) is 30.9. The molecule has 612 valence electrons. The first kappa shape index (κ1) is 87.4. The lowest BCUT2D eigenvalue weighted by Crippen LogP contribution is -2.72. The SMILES string of the molecule is CC(=O)N[C@H]1[C@H](O[C@H]2[C@@H](O)[C@@H](CO)O[C@@H](O[C@H]3[C@H](O[C@@H]4O[C@@H](C)[C@@H](O)[C@@H](O)[C@@H]4O)[C@@H](NC(C)=O)[C@H](O[C@H]4[C@@H](O)[C@@H](CO)O[C@@H](O[C@H]5[C@H](O)[C@@H](NC(C)=O)C(O)O[C@@H]5CO)[C@@H]4O)O[C@@H]3CO)[C@@H]2O)O[C@H](CO)[C@@H](O[C@@H]2O[C@H](CO)[C@H](O)[C@H](O[C@]3(C(=O)[O-])C[C@H](O)[C@@H](NC(C)=O)[C@H]([C@H](O)[C@H](O)CO)O3)[C@H]2O)[C@@H]1O. The zero-order valence-corrected chi connectivity index (χ0v) is 57.2. The minimum atomic E-state index is -3.38. The van der Waals surface area contributed by atoms with Crippen molar-refractivity contribution in [3.8, 4) is 0 Å². The highest BCUT2D eigenvalue weighted by Crippen LogP contribution is 2.42. The standard InChI is InChI=1S/C59H98N4O43/c1-14-31(77)38(84)39(85)54(92-14)102-47-30(63-18(5)74)53(104-49-34(80)21(8-65)94-55(40(49)86)99-43-24(11-68)93-51(89)28(36(43)82)61-16(3)72)98-26(13-70)45(47)101-56-41(87)48(33(79)22(9-66)95-56)103-52-29(62-17(4)73)37(83)44(25(12-69)97-52)100-57-42(88)50(35(81)23(10-67)96-57)106-59(58(90)91)6-19(75)27(60-15(2)71)46(105-59)32(78)20(76)7-64/h14,19-57,64-70,75-89H,6-13H2,1-5H3,(H,60,71)(H,61,72)(H,62,73)(H,63,74)(H,90,91)/p-1/t14-,19-,20+,21+,22+,23+,24+,25+,26+,27+,28+,29+,30+,31+,32+,33-,34-,35-,36+,37+,38+,39-,40+,41+,42+,43+,44+,45+,46+,47+,48-,49-,50-,51?,52-,53-,54-,55-,56-,57-,59-/m0/s1. The Morgan fingerprint density at radius 3 is 1.21 bits per heavy atom. The van der Waals surface area contributed by atoms with Gasteiger partial charge in [-0.05, 0) is 6.92 Å². The molecule has 8 fully saturated rings. The van der Waals surface area contributed by atoms with Crippen molar-refractivity contribution >= 4 is 29.6 Å². The summed E-state index contributed by atoms with van der Waals surface area (Å²) in [5.41, 5.74) is 0. The van der Waals surface area contributed by atoms with Crippen molar-refractivity contribution < 1.29 is 212 Å². The summed E-state index contributed by atoms with van der Waals surface area (Å²) >= 11 is 0. The topological polar surface area (TPSA) is 740 Å². The normalized spacial score (nSPS) is 47.2. The Balaban J connectivity index is 1.08.